The van der Waals surface area contributed by atoms with E-state index < -0.39 is 9.84 Å². The van der Waals surface area contributed by atoms with E-state index in [0.717, 1.165) is 11.8 Å². The zero-order valence-electron chi connectivity index (χ0n) is 14.8. The first-order valence-electron chi connectivity index (χ1n) is 8.32. The summed E-state index contributed by atoms with van der Waals surface area (Å²) in [5.74, 6) is 1.01. The van der Waals surface area contributed by atoms with Gasteiger partial charge in [-0.25, -0.2) is 8.42 Å². The van der Waals surface area contributed by atoms with Crippen LogP contribution >= 0.6 is 0 Å². The van der Waals surface area contributed by atoms with Gasteiger partial charge >= 0.3 is 0 Å². The molecule has 0 unspecified atom stereocenters. The molecule has 0 radical (unpaired) electrons. The highest BCUT2D eigenvalue weighted by molar-refractivity contribution is 7.90. The average Bonchev–Trinajstić information content (AvgIpc) is 2.64. The largest absolute Gasteiger partial charge is 0.455 e. The van der Waals surface area contributed by atoms with Gasteiger partial charge < -0.3 is 10.1 Å². The van der Waals surface area contributed by atoms with Crippen molar-refractivity contribution in [1.82, 2.24) is 0 Å². The molecule has 0 aliphatic carbocycles. The van der Waals surface area contributed by atoms with Crippen LogP contribution in [-0.2, 0) is 21.1 Å². The van der Waals surface area contributed by atoms with Gasteiger partial charge in [-0.2, -0.15) is 0 Å². The number of carbonyl (C=O) groups excluding carboxylic acids is 1. The summed E-state index contributed by atoms with van der Waals surface area (Å²) in [6, 6.07) is 22.8. The van der Waals surface area contributed by atoms with Crippen molar-refractivity contribution in [3.8, 4) is 11.5 Å². The molecule has 3 aromatic carbocycles. The zero-order valence-corrected chi connectivity index (χ0v) is 15.6. The molecule has 0 aliphatic rings. The summed E-state index contributed by atoms with van der Waals surface area (Å²) in [7, 11) is -3.25. The number of anilines is 1. The number of para-hydroxylation sites is 3. The van der Waals surface area contributed by atoms with Crippen LogP contribution in [0.4, 0.5) is 5.69 Å². The van der Waals surface area contributed by atoms with Crippen molar-refractivity contribution in [1.29, 1.82) is 0 Å². The van der Waals surface area contributed by atoms with Crippen LogP contribution in [0, 0.1) is 0 Å². The zero-order chi connectivity index (χ0) is 19.3. The van der Waals surface area contributed by atoms with Gasteiger partial charge in [0, 0.05) is 6.26 Å². The highest BCUT2D eigenvalue weighted by Crippen LogP contribution is 2.29. The van der Waals surface area contributed by atoms with E-state index in [4.69, 9.17) is 4.74 Å². The van der Waals surface area contributed by atoms with Crippen LogP contribution in [0.5, 0.6) is 11.5 Å². The fourth-order valence-corrected chi connectivity index (χ4v) is 3.14. The molecule has 6 heteroatoms. The summed E-state index contributed by atoms with van der Waals surface area (Å²) in [5.41, 5.74) is 1.29. The maximum Gasteiger partial charge on any atom is 0.228 e. The van der Waals surface area contributed by atoms with Crippen molar-refractivity contribution in [2.75, 3.05) is 11.6 Å². The number of benzene rings is 3. The van der Waals surface area contributed by atoms with Gasteiger partial charge in [0.15, 0.2) is 15.6 Å². The van der Waals surface area contributed by atoms with Crippen LogP contribution in [0.1, 0.15) is 5.56 Å². The van der Waals surface area contributed by atoms with Crippen LogP contribution in [-0.4, -0.2) is 20.6 Å². The van der Waals surface area contributed by atoms with E-state index in [0.29, 0.717) is 17.2 Å². The molecule has 0 heterocycles. The number of amides is 1. The van der Waals surface area contributed by atoms with E-state index in [9.17, 15) is 13.2 Å². The molecule has 138 valence electrons. The smallest absolute Gasteiger partial charge is 0.228 e. The predicted molar refractivity (Wildman–Crippen MR) is 105 cm³/mol. The fraction of sp³-hybridized carbons (Fsp3) is 0.0952. The van der Waals surface area contributed by atoms with Crippen LogP contribution in [0.15, 0.2) is 83.8 Å². The Bertz CT molecular complexity index is 1030. The number of sulfone groups is 1. The van der Waals surface area contributed by atoms with E-state index in [1.807, 2.05) is 42.5 Å². The minimum Gasteiger partial charge on any atom is -0.455 e. The second-order valence-electron chi connectivity index (χ2n) is 6.05. The molecule has 3 rings (SSSR count). The van der Waals surface area contributed by atoms with Gasteiger partial charge in [0.2, 0.25) is 5.91 Å². The third-order valence-electron chi connectivity index (χ3n) is 3.85. The van der Waals surface area contributed by atoms with Crippen LogP contribution in [0.25, 0.3) is 0 Å². The SMILES string of the molecule is CS(=O)(=O)c1ccc(CC(=O)Nc2ccccc2Oc2ccccc2)cc1. The van der Waals surface area contributed by atoms with Crippen molar-refractivity contribution in [3.63, 3.8) is 0 Å². The highest BCUT2D eigenvalue weighted by Gasteiger charge is 2.11. The van der Waals surface area contributed by atoms with E-state index in [1.54, 1.807) is 24.3 Å². The molecule has 3 aromatic rings. The highest BCUT2D eigenvalue weighted by atomic mass is 32.2. The van der Waals surface area contributed by atoms with Crippen molar-refractivity contribution in [2.45, 2.75) is 11.3 Å². The van der Waals surface area contributed by atoms with Crippen LogP contribution in [0.2, 0.25) is 0 Å². The summed E-state index contributed by atoms with van der Waals surface area (Å²) in [5, 5.41) is 2.84. The number of nitrogens with one attached hydrogen (secondary N) is 1. The van der Waals surface area contributed by atoms with E-state index in [1.165, 1.54) is 12.1 Å². The molecule has 0 aromatic heterocycles. The first-order chi connectivity index (χ1) is 12.9. The lowest BCUT2D eigenvalue weighted by molar-refractivity contribution is -0.115. The van der Waals surface area contributed by atoms with Gasteiger partial charge in [-0.05, 0) is 42.0 Å². The van der Waals surface area contributed by atoms with Crippen molar-refractivity contribution >= 4 is 21.4 Å². The standard InChI is InChI=1S/C21H19NO4S/c1-27(24,25)18-13-11-16(12-14-18)15-21(23)22-19-9-5-6-10-20(19)26-17-7-3-2-4-8-17/h2-14H,15H2,1H3,(H,22,23). The van der Waals surface area contributed by atoms with Crippen molar-refractivity contribution in [3.05, 3.63) is 84.4 Å². The lowest BCUT2D eigenvalue weighted by atomic mass is 10.1. The van der Waals surface area contributed by atoms with E-state index in [-0.39, 0.29) is 17.2 Å². The second kappa shape index (κ2) is 8.05. The molecule has 0 saturated carbocycles. The molecule has 0 fully saturated rings. The summed E-state index contributed by atoms with van der Waals surface area (Å²) in [6.07, 6.45) is 1.28. The fourth-order valence-electron chi connectivity index (χ4n) is 2.51. The van der Waals surface area contributed by atoms with E-state index >= 15 is 0 Å². The van der Waals surface area contributed by atoms with Gasteiger partial charge in [0.25, 0.3) is 0 Å². The summed E-state index contributed by atoms with van der Waals surface area (Å²) in [4.78, 5) is 12.6. The molecular weight excluding hydrogens is 362 g/mol. The molecule has 0 spiro atoms. The summed E-state index contributed by atoms with van der Waals surface area (Å²) >= 11 is 0. The Balaban J connectivity index is 1.69. The predicted octanol–water partition coefficient (Wildman–Crippen LogP) is 4.06. The molecule has 0 bridgehead atoms. The van der Waals surface area contributed by atoms with Crippen molar-refractivity contribution < 1.29 is 17.9 Å². The van der Waals surface area contributed by atoms with Gasteiger partial charge in [0.05, 0.1) is 17.0 Å². The Morgan fingerprint density at radius 3 is 2.19 bits per heavy atom. The summed E-state index contributed by atoms with van der Waals surface area (Å²) in [6.45, 7) is 0. The molecule has 0 atom stereocenters. The maximum atomic E-state index is 12.4. The molecule has 1 amide bonds. The third kappa shape index (κ3) is 5.18. The second-order valence-corrected chi connectivity index (χ2v) is 8.07. The molecule has 0 saturated heterocycles. The van der Waals surface area contributed by atoms with Gasteiger partial charge in [0.1, 0.15) is 5.75 Å². The Labute approximate surface area is 158 Å². The first-order valence-corrected chi connectivity index (χ1v) is 10.2. The van der Waals surface area contributed by atoms with Gasteiger partial charge in [-0.1, -0.05) is 42.5 Å². The van der Waals surface area contributed by atoms with E-state index in [2.05, 4.69) is 5.32 Å². The van der Waals surface area contributed by atoms with Gasteiger partial charge in [-0.15, -0.1) is 0 Å². The monoisotopic (exact) mass is 381 g/mol. The molecule has 1 N–H and O–H groups in total. The van der Waals surface area contributed by atoms with Crippen LogP contribution in [0.3, 0.4) is 0 Å². The Morgan fingerprint density at radius 1 is 0.889 bits per heavy atom. The quantitative estimate of drug-likeness (QED) is 0.699. The number of carbonyl (C=O) groups is 1. The Morgan fingerprint density at radius 2 is 1.52 bits per heavy atom. The number of ether oxygens (including phenoxy) is 1. The van der Waals surface area contributed by atoms with Crippen LogP contribution < -0.4 is 10.1 Å². The molecule has 0 aliphatic heterocycles. The normalized spacial score (nSPS) is 11.0. The molecular formula is C21H19NO4S. The molecule has 27 heavy (non-hydrogen) atoms. The minimum atomic E-state index is -3.25. The lowest BCUT2D eigenvalue weighted by Crippen LogP contribution is -2.15. The number of hydrogen-bond donors (Lipinski definition) is 1. The lowest BCUT2D eigenvalue weighted by Gasteiger charge is -2.12. The third-order valence-corrected chi connectivity index (χ3v) is 4.98. The number of rotatable bonds is 6. The van der Waals surface area contributed by atoms with Crippen molar-refractivity contribution in [2.24, 2.45) is 0 Å². The topological polar surface area (TPSA) is 72.5 Å². The Kier molecular flexibility index (Phi) is 5.57. The minimum absolute atomic E-state index is 0.129. The van der Waals surface area contributed by atoms with Gasteiger partial charge in [-0.3, -0.25) is 4.79 Å². The number of hydrogen-bond acceptors (Lipinski definition) is 4. The average molecular weight is 381 g/mol. The Hall–Kier alpha value is -3.12. The molecule has 5 nitrogen and oxygen atoms in total. The summed E-state index contributed by atoms with van der Waals surface area (Å²) < 4.78 is 28.8. The first kappa shape index (κ1) is 18.7. The maximum absolute atomic E-state index is 12.4.